The number of imide groups is 1. The molecule has 0 aromatic heterocycles. The number of methoxy groups -OCH3 is 2. The molecule has 11 nitrogen and oxygen atoms in total. The summed E-state index contributed by atoms with van der Waals surface area (Å²) in [6.07, 6.45) is 0.784. The first-order chi connectivity index (χ1) is 21.3. The van der Waals surface area contributed by atoms with E-state index in [0.29, 0.717) is 33.8 Å². The Morgan fingerprint density at radius 3 is 2.27 bits per heavy atom. The summed E-state index contributed by atoms with van der Waals surface area (Å²) < 4.78 is 9.31. The molecule has 1 spiro atoms. The molecule has 1 aromatic carbocycles. The van der Waals surface area contributed by atoms with Crippen molar-refractivity contribution in [3.8, 4) is 5.75 Å². The SMILES string of the molecule is CCC(=O)C1=C(C(=O)OC)SC2=C(c3cc(OC)ccc3N(C(=O)CN3C(=O)CCC3=O)C2(C)C)C12SC(C=O)C(C(C)=O)S2. The van der Waals surface area contributed by atoms with E-state index in [1.165, 1.54) is 26.0 Å². The summed E-state index contributed by atoms with van der Waals surface area (Å²) in [4.78, 5) is 94.7. The summed E-state index contributed by atoms with van der Waals surface area (Å²) >= 11 is 3.28. The van der Waals surface area contributed by atoms with Gasteiger partial charge in [-0.2, -0.15) is 0 Å². The van der Waals surface area contributed by atoms with Crippen molar-refractivity contribution < 1.29 is 43.0 Å². The van der Waals surface area contributed by atoms with Crippen molar-refractivity contribution in [1.82, 2.24) is 4.90 Å². The van der Waals surface area contributed by atoms with Gasteiger partial charge in [0.2, 0.25) is 17.7 Å². The fourth-order valence-corrected chi connectivity index (χ4v) is 11.9. The van der Waals surface area contributed by atoms with Gasteiger partial charge in [-0.15, -0.1) is 23.5 Å². The van der Waals surface area contributed by atoms with Crippen LogP contribution in [0.3, 0.4) is 0 Å². The number of fused-ring (bicyclic) bond motifs is 3. The maximum absolute atomic E-state index is 14.2. The molecule has 0 bridgehead atoms. The van der Waals surface area contributed by atoms with Crippen LogP contribution in [-0.2, 0) is 38.3 Å². The van der Waals surface area contributed by atoms with Gasteiger partial charge in [0.15, 0.2) is 5.78 Å². The number of esters is 1. The van der Waals surface area contributed by atoms with Crippen LogP contribution in [0.4, 0.5) is 5.69 Å². The van der Waals surface area contributed by atoms with Crippen LogP contribution in [0.15, 0.2) is 33.6 Å². The molecule has 4 aliphatic heterocycles. The number of carbonyl (C=O) groups is 7. The molecular formula is C31H32N2O9S3. The third-order valence-electron chi connectivity index (χ3n) is 8.24. The Hall–Kier alpha value is -3.36. The van der Waals surface area contributed by atoms with Gasteiger partial charge < -0.3 is 19.2 Å². The zero-order valence-electron chi connectivity index (χ0n) is 25.6. The highest BCUT2D eigenvalue weighted by molar-refractivity contribution is 8.24. The Morgan fingerprint density at radius 1 is 1.07 bits per heavy atom. The Labute approximate surface area is 272 Å². The second-order valence-corrected chi connectivity index (χ2v) is 15.3. The third-order valence-corrected chi connectivity index (χ3v) is 13.5. The number of ketones is 2. The maximum Gasteiger partial charge on any atom is 0.345 e. The molecule has 2 fully saturated rings. The van der Waals surface area contributed by atoms with Gasteiger partial charge in [0.05, 0.1) is 35.9 Å². The van der Waals surface area contributed by atoms with Crippen molar-refractivity contribution in [3.63, 3.8) is 0 Å². The van der Waals surface area contributed by atoms with E-state index >= 15 is 0 Å². The molecule has 4 heterocycles. The predicted molar refractivity (Wildman–Crippen MR) is 172 cm³/mol. The van der Waals surface area contributed by atoms with Gasteiger partial charge in [-0.1, -0.05) is 18.7 Å². The van der Waals surface area contributed by atoms with Crippen LogP contribution in [0, 0.1) is 0 Å². The van der Waals surface area contributed by atoms with E-state index in [1.54, 1.807) is 39.0 Å². The molecule has 238 valence electrons. The highest BCUT2D eigenvalue weighted by Gasteiger charge is 2.62. The van der Waals surface area contributed by atoms with Gasteiger partial charge in [-0.25, -0.2) is 4.79 Å². The topological polar surface area (TPSA) is 144 Å². The van der Waals surface area contributed by atoms with Gasteiger partial charge in [0, 0.05) is 40.9 Å². The summed E-state index contributed by atoms with van der Waals surface area (Å²) in [5.74, 6) is -2.34. The number of benzene rings is 1. The summed E-state index contributed by atoms with van der Waals surface area (Å²) in [5.41, 5.74) is 0.401. The zero-order valence-corrected chi connectivity index (χ0v) is 28.0. The number of amides is 3. The van der Waals surface area contributed by atoms with Crippen molar-refractivity contribution in [2.75, 3.05) is 25.7 Å². The van der Waals surface area contributed by atoms with Gasteiger partial charge >= 0.3 is 5.97 Å². The average Bonchev–Trinajstić information content (AvgIpc) is 3.55. The summed E-state index contributed by atoms with van der Waals surface area (Å²) in [6.45, 7) is 6.11. The Bertz CT molecular complexity index is 1620. The van der Waals surface area contributed by atoms with Crippen molar-refractivity contribution in [2.45, 2.75) is 67.1 Å². The fourth-order valence-electron chi connectivity index (χ4n) is 6.15. The molecule has 3 unspecified atom stereocenters. The quantitative estimate of drug-likeness (QED) is 0.226. The molecule has 45 heavy (non-hydrogen) atoms. The van der Waals surface area contributed by atoms with Crippen molar-refractivity contribution in [3.05, 3.63) is 39.1 Å². The molecule has 0 aliphatic carbocycles. The molecule has 3 atom stereocenters. The van der Waals surface area contributed by atoms with Crippen molar-refractivity contribution in [1.29, 1.82) is 0 Å². The molecule has 14 heteroatoms. The van der Waals surface area contributed by atoms with E-state index in [2.05, 4.69) is 0 Å². The standard InChI is InChI=1S/C31H32N2O9S3/c1-7-19(36)25-27(29(40)42-6)43-28-24(31(25)44-20(14-34)26(45-31)15(2)35)17-12-16(41-5)8-9-18(17)33(30(28,3)4)23(39)13-32-21(37)10-11-22(32)38/h8-9,12,14,20,26H,7,10-11,13H2,1-6H3. The lowest BCUT2D eigenvalue weighted by Crippen LogP contribution is -2.56. The van der Waals surface area contributed by atoms with Crippen molar-refractivity contribution in [2.24, 2.45) is 0 Å². The number of hydrogen-bond donors (Lipinski definition) is 0. The first kappa shape index (κ1) is 33.0. The van der Waals surface area contributed by atoms with Gasteiger partial charge in [-0.05, 0) is 39.0 Å². The molecule has 4 aliphatic rings. The first-order valence-corrected chi connectivity index (χ1v) is 16.8. The smallest absolute Gasteiger partial charge is 0.345 e. The zero-order chi connectivity index (χ0) is 33.0. The number of likely N-dealkylation sites (tertiary alicyclic amines) is 1. The molecule has 0 radical (unpaired) electrons. The Morgan fingerprint density at radius 2 is 1.73 bits per heavy atom. The number of carbonyl (C=O) groups excluding carboxylic acids is 7. The average molecular weight is 673 g/mol. The van der Waals surface area contributed by atoms with Crippen LogP contribution in [0.1, 0.15) is 52.5 Å². The molecule has 2 saturated heterocycles. The van der Waals surface area contributed by atoms with Crippen LogP contribution in [0.2, 0.25) is 0 Å². The maximum atomic E-state index is 14.2. The lowest BCUT2D eigenvalue weighted by Gasteiger charge is -2.51. The van der Waals surface area contributed by atoms with E-state index in [9.17, 15) is 33.6 Å². The van der Waals surface area contributed by atoms with Crippen LogP contribution >= 0.6 is 35.3 Å². The normalized spacial score (nSPS) is 25.4. The largest absolute Gasteiger partial charge is 0.497 e. The van der Waals surface area contributed by atoms with Crippen molar-refractivity contribution >= 4 is 88.1 Å². The minimum absolute atomic E-state index is 0.00803. The molecule has 3 amide bonds. The van der Waals surface area contributed by atoms with E-state index < -0.39 is 50.4 Å². The number of hydrogen-bond acceptors (Lipinski definition) is 12. The van der Waals surface area contributed by atoms with Gasteiger partial charge in [0.25, 0.3) is 0 Å². The predicted octanol–water partition coefficient (Wildman–Crippen LogP) is 3.53. The molecular weight excluding hydrogens is 641 g/mol. The first-order valence-electron chi connectivity index (χ1n) is 14.2. The Kier molecular flexibility index (Phi) is 8.88. The van der Waals surface area contributed by atoms with Crippen LogP contribution in [-0.4, -0.2) is 87.3 Å². The Balaban J connectivity index is 1.82. The molecule has 0 saturated carbocycles. The summed E-state index contributed by atoms with van der Waals surface area (Å²) in [6, 6.07) is 5.07. The molecule has 1 aromatic rings. The fraction of sp³-hybridized carbons (Fsp3) is 0.452. The molecule has 0 N–H and O–H groups in total. The summed E-state index contributed by atoms with van der Waals surface area (Å²) in [7, 11) is 2.69. The lowest BCUT2D eigenvalue weighted by atomic mass is 9.82. The minimum Gasteiger partial charge on any atom is -0.497 e. The summed E-state index contributed by atoms with van der Waals surface area (Å²) in [5, 5.41) is -1.67. The number of Topliss-reactive ketones (excluding diaryl/α,β-unsaturated/α-hetero) is 2. The minimum atomic E-state index is -1.41. The number of aldehydes is 1. The van der Waals surface area contributed by atoms with Crippen LogP contribution in [0.5, 0.6) is 5.75 Å². The highest BCUT2D eigenvalue weighted by Crippen LogP contribution is 2.70. The molecule has 5 rings (SSSR count). The number of nitrogens with zero attached hydrogens (tertiary/aromatic N) is 2. The number of ether oxygens (including phenoxy) is 2. The third kappa shape index (κ3) is 5.14. The number of anilines is 1. The second-order valence-electron chi connectivity index (χ2n) is 11.3. The highest BCUT2D eigenvalue weighted by atomic mass is 32.2. The second kappa shape index (κ2) is 12.1. The van der Waals surface area contributed by atoms with Crippen LogP contribution < -0.4 is 9.64 Å². The number of thioether (sulfide) groups is 3. The number of rotatable bonds is 8. The van der Waals surface area contributed by atoms with Crippen LogP contribution in [0.25, 0.3) is 5.57 Å². The monoisotopic (exact) mass is 672 g/mol. The lowest BCUT2D eigenvalue weighted by molar-refractivity contribution is -0.142. The van der Waals surface area contributed by atoms with E-state index in [0.717, 1.165) is 40.2 Å². The van der Waals surface area contributed by atoms with E-state index in [4.69, 9.17) is 9.47 Å². The van der Waals surface area contributed by atoms with E-state index in [-0.39, 0.29) is 41.3 Å². The van der Waals surface area contributed by atoms with Gasteiger partial charge in [0.1, 0.15) is 33.3 Å². The van der Waals surface area contributed by atoms with Gasteiger partial charge in [-0.3, -0.25) is 28.9 Å². The van der Waals surface area contributed by atoms with E-state index in [1.807, 2.05) is 0 Å².